The number of fused-ring (bicyclic) bond motifs is 2. The van der Waals surface area contributed by atoms with Crippen LogP contribution in [0, 0.1) is 17.8 Å². The zero-order valence-electron chi connectivity index (χ0n) is 10.5. The Hall–Kier alpha value is -1.68. The maximum Gasteiger partial charge on any atom is 0.261 e. The first kappa shape index (κ1) is 11.2. The molecule has 1 saturated carbocycles. The van der Waals surface area contributed by atoms with Crippen LogP contribution in [-0.2, 0) is 4.74 Å². The van der Waals surface area contributed by atoms with E-state index in [1.165, 1.54) is 11.3 Å². The van der Waals surface area contributed by atoms with Gasteiger partial charge in [0.25, 0.3) is 11.8 Å². The van der Waals surface area contributed by atoms with E-state index >= 15 is 0 Å². The topological polar surface area (TPSA) is 46.6 Å². The Bertz CT molecular complexity index is 533. The molecule has 1 aromatic carbocycles. The fourth-order valence-corrected chi connectivity index (χ4v) is 3.36. The average molecular weight is 257 g/mol. The molecule has 4 nitrogen and oxygen atoms in total. The van der Waals surface area contributed by atoms with Gasteiger partial charge < -0.3 is 4.74 Å². The highest BCUT2D eigenvalue weighted by Gasteiger charge is 2.48. The van der Waals surface area contributed by atoms with Gasteiger partial charge in [0.15, 0.2) is 0 Å². The van der Waals surface area contributed by atoms with E-state index in [-0.39, 0.29) is 11.8 Å². The monoisotopic (exact) mass is 257 g/mol. The van der Waals surface area contributed by atoms with E-state index < -0.39 is 0 Å². The first-order chi connectivity index (χ1) is 9.25. The van der Waals surface area contributed by atoms with Crippen LogP contribution in [0.3, 0.4) is 0 Å². The second kappa shape index (κ2) is 3.90. The molecule has 4 heteroatoms. The van der Waals surface area contributed by atoms with E-state index in [4.69, 9.17) is 4.74 Å². The van der Waals surface area contributed by atoms with Crippen molar-refractivity contribution in [2.24, 2.45) is 17.8 Å². The van der Waals surface area contributed by atoms with E-state index in [9.17, 15) is 9.59 Å². The number of rotatable bonds is 2. The summed E-state index contributed by atoms with van der Waals surface area (Å²) in [6.45, 7) is 2.03. The highest BCUT2D eigenvalue weighted by Crippen LogP contribution is 2.48. The molecular weight excluding hydrogens is 242 g/mol. The van der Waals surface area contributed by atoms with Gasteiger partial charge in [0.05, 0.1) is 17.7 Å². The number of hydrogen-bond acceptors (Lipinski definition) is 3. The summed E-state index contributed by atoms with van der Waals surface area (Å²) in [5, 5.41) is 0. The molecule has 3 unspecified atom stereocenters. The Morgan fingerprint density at radius 3 is 2.47 bits per heavy atom. The van der Waals surface area contributed by atoms with Crippen molar-refractivity contribution in [1.29, 1.82) is 0 Å². The fourth-order valence-electron chi connectivity index (χ4n) is 3.36. The third-order valence-corrected chi connectivity index (χ3v) is 4.54. The van der Waals surface area contributed by atoms with E-state index in [0.29, 0.717) is 42.0 Å². The van der Waals surface area contributed by atoms with Crippen LogP contribution in [0.5, 0.6) is 0 Å². The number of imide groups is 1. The quantitative estimate of drug-likeness (QED) is 0.755. The van der Waals surface area contributed by atoms with Crippen LogP contribution in [0.1, 0.15) is 27.1 Å². The number of benzene rings is 1. The normalized spacial score (nSPS) is 32.2. The summed E-state index contributed by atoms with van der Waals surface area (Å²) in [7, 11) is 0. The number of carbonyl (C=O) groups excluding carboxylic acids is 2. The highest BCUT2D eigenvalue weighted by molar-refractivity contribution is 6.21. The third kappa shape index (κ3) is 1.63. The number of ether oxygens (including phenoxy) is 1. The number of amides is 2. The van der Waals surface area contributed by atoms with Crippen LogP contribution in [0.15, 0.2) is 24.3 Å². The van der Waals surface area contributed by atoms with E-state index in [1.54, 1.807) is 24.3 Å². The van der Waals surface area contributed by atoms with Crippen LogP contribution < -0.4 is 0 Å². The van der Waals surface area contributed by atoms with Gasteiger partial charge in [-0.15, -0.1) is 0 Å². The molecule has 1 aromatic rings. The van der Waals surface area contributed by atoms with Gasteiger partial charge in [0.1, 0.15) is 0 Å². The van der Waals surface area contributed by atoms with Gasteiger partial charge >= 0.3 is 0 Å². The van der Waals surface area contributed by atoms with Gasteiger partial charge in [-0.05, 0) is 30.4 Å². The van der Waals surface area contributed by atoms with Gasteiger partial charge in [-0.2, -0.15) is 0 Å². The van der Waals surface area contributed by atoms with Gasteiger partial charge in [-0.3, -0.25) is 14.5 Å². The lowest BCUT2D eigenvalue weighted by Gasteiger charge is -2.25. The molecule has 4 rings (SSSR count). The van der Waals surface area contributed by atoms with Crippen molar-refractivity contribution in [3.63, 3.8) is 0 Å². The van der Waals surface area contributed by atoms with E-state index in [1.807, 2.05) is 0 Å². The molecule has 0 bridgehead atoms. The average Bonchev–Trinajstić information content (AvgIpc) is 3.19. The zero-order valence-corrected chi connectivity index (χ0v) is 10.5. The fraction of sp³-hybridized carbons (Fsp3) is 0.467. The van der Waals surface area contributed by atoms with Gasteiger partial charge in [-0.25, -0.2) is 0 Å². The zero-order chi connectivity index (χ0) is 13.0. The molecule has 0 N–H and O–H groups in total. The molecule has 98 valence electrons. The van der Waals surface area contributed by atoms with E-state index in [2.05, 4.69) is 0 Å². The van der Waals surface area contributed by atoms with Gasteiger partial charge in [0, 0.05) is 19.1 Å². The number of hydrogen-bond donors (Lipinski definition) is 0. The lowest BCUT2D eigenvalue weighted by Crippen LogP contribution is -2.38. The van der Waals surface area contributed by atoms with Gasteiger partial charge in [-0.1, -0.05) is 12.1 Å². The Kier molecular flexibility index (Phi) is 2.30. The second-order valence-electron chi connectivity index (χ2n) is 5.72. The molecule has 2 aliphatic heterocycles. The first-order valence-electron chi connectivity index (χ1n) is 6.78. The summed E-state index contributed by atoms with van der Waals surface area (Å²) in [6.07, 6.45) is 1.19. The Morgan fingerprint density at radius 2 is 1.79 bits per heavy atom. The Balaban J connectivity index is 1.57. The van der Waals surface area contributed by atoms with Crippen LogP contribution >= 0.6 is 0 Å². The molecule has 3 atom stereocenters. The van der Waals surface area contributed by atoms with Crippen LogP contribution in [0.25, 0.3) is 0 Å². The van der Waals surface area contributed by atoms with E-state index in [0.717, 1.165) is 6.61 Å². The SMILES string of the molecule is O=C1c2ccccc2C(=O)N1CC1COCC2CC21. The minimum absolute atomic E-state index is 0.150. The summed E-state index contributed by atoms with van der Waals surface area (Å²) in [6, 6.07) is 7.06. The highest BCUT2D eigenvalue weighted by atomic mass is 16.5. The molecule has 1 saturated heterocycles. The number of carbonyl (C=O) groups is 2. The van der Waals surface area contributed by atoms with Crippen LogP contribution in [-0.4, -0.2) is 36.5 Å². The molecule has 2 amide bonds. The van der Waals surface area contributed by atoms with Crippen molar-refractivity contribution >= 4 is 11.8 Å². The largest absolute Gasteiger partial charge is 0.381 e. The molecule has 2 fully saturated rings. The summed E-state index contributed by atoms with van der Waals surface area (Å²) in [5.74, 6) is 1.33. The molecule has 2 heterocycles. The molecule has 1 aliphatic carbocycles. The molecule has 0 aromatic heterocycles. The molecule has 19 heavy (non-hydrogen) atoms. The third-order valence-electron chi connectivity index (χ3n) is 4.54. The second-order valence-corrected chi connectivity index (χ2v) is 5.72. The van der Waals surface area contributed by atoms with Crippen molar-refractivity contribution < 1.29 is 14.3 Å². The summed E-state index contributed by atoms with van der Waals surface area (Å²) < 4.78 is 5.54. The van der Waals surface area contributed by atoms with Crippen LogP contribution in [0.2, 0.25) is 0 Å². The maximum absolute atomic E-state index is 12.3. The van der Waals surface area contributed by atoms with Crippen molar-refractivity contribution in [2.75, 3.05) is 19.8 Å². The first-order valence-corrected chi connectivity index (χ1v) is 6.78. The molecular formula is C15H15NO3. The molecule has 0 radical (unpaired) electrons. The standard InChI is InChI=1S/C15H15NO3/c17-14-11-3-1-2-4-12(11)15(18)16(14)6-10-8-19-7-9-5-13(9)10/h1-4,9-10,13H,5-8H2. The van der Waals surface area contributed by atoms with Crippen molar-refractivity contribution in [3.05, 3.63) is 35.4 Å². The minimum Gasteiger partial charge on any atom is -0.381 e. The Labute approximate surface area is 111 Å². The minimum atomic E-state index is -0.150. The number of nitrogens with zero attached hydrogens (tertiary/aromatic N) is 1. The molecule has 0 spiro atoms. The maximum atomic E-state index is 12.3. The van der Waals surface area contributed by atoms with Gasteiger partial charge in [0.2, 0.25) is 0 Å². The predicted octanol–water partition coefficient (Wildman–Crippen LogP) is 1.57. The van der Waals surface area contributed by atoms with Crippen LogP contribution in [0.4, 0.5) is 0 Å². The summed E-state index contributed by atoms with van der Waals surface area (Å²) >= 11 is 0. The van der Waals surface area contributed by atoms with Crippen molar-refractivity contribution in [2.45, 2.75) is 6.42 Å². The molecule has 3 aliphatic rings. The smallest absolute Gasteiger partial charge is 0.261 e. The van der Waals surface area contributed by atoms with Crippen molar-refractivity contribution in [3.8, 4) is 0 Å². The lowest BCUT2D eigenvalue weighted by molar-refractivity contribution is 0.0293. The summed E-state index contributed by atoms with van der Waals surface area (Å²) in [5.41, 5.74) is 1.08. The predicted molar refractivity (Wildman–Crippen MR) is 67.7 cm³/mol. The lowest BCUT2D eigenvalue weighted by atomic mass is 10.0. The summed E-state index contributed by atoms with van der Waals surface area (Å²) in [4.78, 5) is 25.9. The Morgan fingerprint density at radius 1 is 1.11 bits per heavy atom. The van der Waals surface area contributed by atoms with Crippen molar-refractivity contribution in [1.82, 2.24) is 4.90 Å².